The minimum Gasteiger partial charge on any atom is -0.508 e. The Bertz CT molecular complexity index is 761. The molecular formula is C15H10O5. The number of aromatic hydroxyl groups is 2. The molecule has 0 radical (unpaired) electrons. The van der Waals surface area contributed by atoms with Gasteiger partial charge in [-0.25, -0.2) is 0 Å². The van der Waals surface area contributed by atoms with Gasteiger partial charge in [0.15, 0.2) is 11.6 Å². The fourth-order valence-electron chi connectivity index (χ4n) is 2.39. The molecular weight excluding hydrogens is 260 g/mol. The van der Waals surface area contributed by atoms with Crippen LogP contribution in [0.1, 0.15) is 37.4 Å². The van der Waals surface area contributed by atoms with Crippen LogP contribution in [0.2, 0.25) is 0 Å². The molecule has 0 atom stereocenters. The van der Waals surface area contributed by atoms with E-state index in [1.165, 1.54) is 30.3 Å². The molecule has 5 nitrogen and oxygen atoms in total. The van der Waals surface area contributed by atoms with E-state index in [1.807, 2.05) is 0 Å². The number of rotatable bonds is 1. The van der Waals surface area contributed by atoms with Crippen LogP contribution in [-0.2, 0) is 6.61 Å². The lowest BCUT2D eigenvalue weighted by molar-refractivity contribution is 0.0976. The molecule has 0 heterocycles. The molecule has 100 valence electrons. The Morgan fingerprint density at radius 2 is 1.60 bits per heavy atom. The van der Waals surface area contributed by atoms with Crippen LogP contribution >= 0.6 is 0 Å². The molecule has 5 heteroatoms. The minimum atomic E-state index is -0.475. The van der Waals surface area contributed by atoms with Gasteiger partial charge in [-0.3, -0.25) is 9.59 Å². The average molecular weight is 270 g/mol. The molecule has 0 aromatic heterocycles. The molecule has 0 amide bonds. The van der Waals surface area contributed by atoms with E-state index in [9.17, 15) is 19.8 Å². The van der Waals surface area contributed by atoms with Gasteiger partial charge in [0.05, 0.1) is 12.2 Å². The number of hydrogen-bond donors (Lipinski definition) is 3. The predicted molar refractivity (Wildman–Crippen MR) is 69.0 cm³/mol. The zero-order valence-corrected chi connectivity index (χ0v) is 10.3. The van der Waals surface area contributed by atoms with E-state index in [1.54, 1.807) is 0 Å². The van der Waals surface area contributed by atoms with Crippen LogP contribution in [0.25, 0.3) is 0 Å². The number of carbonyl (C=O) groups is 2. The van der Waals surface area contributed by atoms with Crippen LogP contribution in [0, 0.1) is 0 Å². The van der Waals surface area contributed by atoms with Gasteiger partial charge in [0.25, 0.3) is 0 Å². The molecule has 0 saturated carbocycles. The van der Waals surface area contributed by atoms with Gasteiger partial charge in [-0.1, -0.05) is 0 Å². The van der Waals surface area contributed by atoms with Crippen LogP contribution in [0.15, 0.2) is 30.3 Å². The zero-order chi connectivity index (χ0) is 14.4. The highest BCUT2D eigenvalue weighted by molar-refractivity contribution is 6.29. The van der Waals surface area contributed by atoms with Crippen LogP contribution in [0.5, 0.6) is 11.5 Å². The van der Waals surface area contributed by atoms with E-state index in [4.69, 9.17) is 5.11 Å². The van der Waals surface area contributed by atoms with Gasteiger partial charge >= 0.3 is 0 Å². The van der Waals surface area contributed by atoms with E-state index in [-0.39, 0.29) is 40.4 Å². The average Bonchev–Trinajstić information content (AvgIpc) is 2.43. The largest absolute Gasteiger partial charge is 0.508 e. The third-order valence-electron chi connectivity index (χ3n) is 3.32. The molecule has 2 aromatic carbocycles. The Morgan fingerprint density at radius 3 is 2.30 bits per heavy atom. The molecule has 0 spiro atoms. The molecule has 3 rings (SSSR count). The first-order chi connectivity index (χ1) is 9.52. The van der Waals surface area contributed by atoms with Gasteiger partial charge in [-0.15, -0.1) is 0 Å². The summed E-state index contributed by atoms with van der Waals surface area (Å²) < 4.78 is 0. The first-order valence-corrected chi connectivity index (χ1v) is 5.92. The van der Waals surface area contributed by atoms with Crippen LogP contribution in [0.3, 0.4) is 0 Å². The Kier molecular flexibility index (Phi) is 2.59. The fraction of sp³-hybridized carbons (Fsp3) is 0.0667. The van der Waals surface area contributed by atoms with Crippen molar-refractivity contribution in [2.75, 3.05) is 0 Å². The number of benzene rings is 2. The highest BCUT2D eigenvalue weighted by atomic mass is 16.3. The second kappa shape index (κ2) is 4.18. The second-order valence-corrected chi connectivity index (χ2v) is 4.58. The number of fused-ring (bicyclic) bond motifs is 2. The summed E-state index contributed by atoms with van der Waals surface area (Å²) in [4.78, 5) is 24.7. The summed E-state index contributed by atoms with van der Waals surface area (Å²) in [6.07, 6.45) is 0. The summed E-state index contributed by atoms with van der Waals surface area (Å²) in [5.41, 5.74) is 0.554. The highest BCUT2D eigenvalue weighted by Crippen LogP contribution is 2.34. The Labute approximate surface area is 113 Å². The highest BCUT2D eigenvalue weighted by Gasteiger charge is 2.32. The number of aliphatic hydroxyl groups excluding tert-OH is 1. The number of aliphatic hydroxyl groups is 1. The Balaban J connectivity index is 2.32. The van der Waals surface area contributed by atoms with Crippen molar-refractivity contribution in [1.82, 2.24) is 0 Å². The summed E-state index contributed by atoms with van der Waals surface area (Å²) in [6, 6.07) is 6.53. The van der Waals surface area contributed by atoms with Crippen LogP contribution in [0.4, 0.5) is 0 Å². The lowest BCUT2D eigenvalue weighted by atomic mass is 9.82. The normalized spacial score (nSPS) is 13.1. The number of phenolic OH excluding ortho intramolecular Hbond substituents is 2. The lowest BCUT2D eigenvalue weighted by Crippen LogP contribution is -2.21. The van der Waals surface area contributed by atoms with E-state index < -0.39 is 11.6 Å². The maximum Gasteiger partial charge on any atom is 0.198 e. The van der Waals surface area contributed by atoms with Gasteiger partial charge in [0.2, 0.25) is 0 Å². The monoisotopic (exact) mass is 270 g/mol. The Hall–Kier alpha value is -2.66. The van der Waals surface area contributed by atoms with Gasteiger partial charge in [0, 0.05) is 16.7 Å². The van der Waals surface area contributed by atoms with Crippen molar-refractivity contribution in [1.29, 1.82) is 0 Å². The summed E-state index contributed by atoms with van der Waals surface area (Å²) in [7, 11) is 0. The number of ketones is 2. The molecule has 0 unspecified atom stereocenters. The van der Waals surface area contributed by atoms with E-state index in [2.05, 4.69) is 0 Å². The van der Waals surface area contributed by atoms with E-state index in [0.717, 1.165) is 0 Å². The zero-order valence-electron chi connectivity index (χ0n) is 10.3. The predicted octanol–water partition coefficient (Wildman–Crippen LogP) is 1.37. The number of hydrogen-bond acceptors (Lipinski definition) is 5. The first-order valence-electron chi connectivity index (χ1n) is 5.92. The molecule has 2 aromatic rings. The third-order valence-corrected chi connectivity index (χ3v) is 3.32. The van der Waals surface area contributed by atoms with Crippen molar-refractivity contribution in [2.24, 2.45) is 0 Å². The number of carbonyl (C=O) groups excluding carboxylic acids is 2. The van der Waals surface area contributed by atoms with E-state index in [0.29, 0.717) is 5.56 Å². The summed E-state index contributed by atoms with van der Waals surface area (Å²) in [5.74, 6) is -1.38. The quantitative estimate of drug-likeness (QED) is 0.620. The molecule has 20 heavy (non-hydrogen) atoms. The van der Waals surface area contributed by atoms with Gasteiger partial charge < -0.3 is 15.3 Å². The van der Waals surface area contributed by atoms with Crippen molar-refractivity contribution in [3.05, 3.63) is 58.1 Å². The van der Waals surface area contributed by atoms with Gasteiger partial charge in [-0.2, -0.15) is 0 Å². The molecule has 0 saturated heterocycles. The molecule has 1 aliphatic rings. The lowest BCUT2D eigenvalue weighted by Gasteiger charge is -2.19. The van der Waals surface area contributed by atoms with E-state index >= 15 is 0 Å². The molecule has 0 bridgehead atoms. The first kappa shape index (κ1) is 12.4. The molecule has 3 N–H and O–H groups in total. The molecule has 0 fully saturated rings. The van der Waals surface area contributed by atoms with Crippen molar-refractivity contribution in [3.8, 4) is 11.5 Å². The molecule has 1 aliphatic carbocycles. The van der Waals surface area contributed by atoms with Crippen molar-refractivity contribution >= 4 is 11.6 Å². The van der Waals surface area contributed by atoms with Gasteiger partial charge in [0.1, 0.15) is 11.5 Å². The summed E-state index contributed by atoms with van der Waals surface area (Å²) in [6.45, 7) is -0.352. The summed E-state index contributed by atoms with van der Waals surface area (Å²) >= 11 is 0. The van der Waals surface area contributed by atoms with Crippen molar-refractivity contribution in [2.45, 2.75) is 6.61 Å². The topological polar surface area (TPSA) is 94.8 Å². The smallest absolute Gasteiger partial charge is 0.198 e. The van der Waals surface area contributed by atoms with Crippen LogP contribution in [-0.4, -0.2) is 26.9 Å². The minimum absolute atomic E-state index is 0.0390. The van der Waals surface area contributed by atoms with Gasteiger partial charge in [-0.05, 0) is 35.9 Å². The maximum absolute atomic E-state index is 12.4. The van der Waals surface area contributed by atoms with Crippen molar-refractivity contribution < 1.29 is 24.9 Å². The fourth-order valence-corrected chi connectivity index (χ4v) is 2.39. The standard InChI is InChI=1S/C15H10O5/c16-6-7-3-11-13(12(18)4-7)15(20)9-2-1-8(17)5-10(9)14(11)19/h1-5,16-18H,6H2. The summed E-state index contributed by atoms with van der Waals surface area (Å²) in [5, 5.41) is 28.5. The second-order valence-electron chi connectivity index (χ2n) is 4.58. The van der Waals surface area contributed by atoms with Crippen LogP contribution < -0.4 is 0 Å². The maximum atomic E-state index is 12.4. The SMILES string of the molecule is O=C1c2cc(O)ccc2C(=O)c2c(O)cc(CO)cc21. The van der Waals surface area contributed by atoms with Crippen molar-refractivity contribution in [3.63, 3.8) is 0 Å². The third kappa shape index (κ3) is 1.60. The molecule has 0 aliphatic heterocycles. The number of phenols is 2. The Morgan fingerprint density at radius 1 is 0.850 bits per heavy atom.